The third kappa shape index (κ3) is 3.50. The molecule has 0 aromatic rings. The van der Waals surface area contributed by atoms with Crippen molar-refractivity contribution in [1.29, 1.82) is 0 Å². The zero-order chi connectivity index (χ0) is 11.3. The van der Waals surface area contributed by atoms with Gasteiger partial charge in [-0.1, -0.05) is 25.5 Å². The summed E-state index contributed by atoms with van der Waals surface area (Å²) >= 11 is 0. The minimum absolute atomic E-state index is 0.189. The third-order valence-electron chi connectivity index (χ3n) is 2.56. The van der Waals surface area contributed by atoms with E-state index < -0.39 is 0 Å². The summed E-state index contributed by atoms with van der Waals surface area (Å²) in [6.07, 6.45) is 6.89. The second-order valence-corrected chi connectivity index (χ2v) is 3.90. The predicted molar refractivity (Wildman–Crippen MR) is 57.3 cm³/mol. The second kappa shape index (κ2) is 5.69. The van der Waals surface area contributed by atoms with E-state index in [4.69, 9.17) is 4.74 Å². The highest BCUT2D eigenvalue weighted by Gasteiger charge is 2.34. The monoisotopic (exact) mass is 210 g/mol. The van der Waals surface area contributed by atoms with Crippen molar-refractivity contribution in [2.24, 2.45) is 5.92 Å². The molecule has 1 aliphatic carbocycles. The summed E-state index contributed by atoms with van der Waals surface area (Å²) in [7, 11) is 0. The molecule has 0 radical (unpaired) electrons. The van der Waals surface area contributed by atoms with Gasteiger partial charge in [-0.25, -0.2) is 0 Å². The molecular formula is C12H18O3. The van der Waals surface area contributed by atoms with Gasteiger partial charge in [0.2, 0.25) is 0 Å². The van der Waals surface area contributed by atoms with E-state index in [1.807, 2.05) is 12.2 Å². The maximum Gasteiger partial charge on any atom is 0.302 e. The van der Waals surface area contributed by atoms with E-state index in [0.29, 0.717) is 12.8 Å². The topological polar surface area (TPSA) is 43.4 Å². The van der Waals surface area contributed by atoms with Gasteiger partial charge in [-0.05, 0) is 12.8 Å². The lowest BCUT2D eigenvalue weighted by molar-refractivity contribution is -0.147. The van der Waals surface area contributed by atoms with Crippen LogP contribution in [0.3, 0.4) is 0 Å². The van der Waals surface area contributed by atoms with Crippen LogP contribution in [0.25, 0.3) is 0 Å². The van der Waals surface area contributed by atoms with Gasteiger partial charge >= 0.3 is 5.97 Å². The van der Waals surface area contributed by atoms with E-state index in [0.717, 1.165) is 12.8 Å². The van der Waals surface area contributed by atoms with Crippen LogP contribution in [0.15, 0.2) is 12.2 Å². The standard InChI is InChI=1S/C12H18O3/c1-3-4-5-6-10-11(14)7-8-12(10)15-9(2)13/h5-6,10,12H,3-4,7-8H2,1-2H3. The Balaban J connectivity index is 2.56. The highest BCUT2D eigenvalue weighted by atomic mass is 16.5. The molecule has 1 fully saturated rings. The van der Waals surface area contributed by atoms with Crippen molar-refractivity contribution < 1.29 is 14.3 Å². The molecule has 0 N–H and O–H groups in total. The van der Waals surface area contributed by atoms with Gasteiger partial charge in [0.05, 0.1) is 5.92 Å². The maximum atomic E-state index is 11.5. The quantitative estimate of drug-likeness (QED) is 0.528. The van der Waals surface area contributed by atoms with Gasteiger partial charge in [-0.3, -0.25) is 9.59 Å². The van der Waals surface area contributed by atoms with E-state index in [1.165, 1.54) is 6.92 Å². The lowest BCUT2D eigenvalue weighted by Crippen LogP contribution is -2.22. The molecule has 0 aromatic heterocycles. The number of ether oxygens (including phenoxy) is 1. The minimum Gasteiger partial charge on any atom is -0.461 e. The molecule has 0 bridgehead atoms. The molecule has 1 rings (SSSR count). The Morgan fingerprint density at radius 1 is 1.60 bits per heavy atom. The largest absolute Gasteiger partial charge is 0.461 e. The Morgan fingerprint density at radius 3 is 2.93 bits per heavy atom. The molecule has 2 unspecified atom stereocenters. The number of carbonyl (C=O) groups excluding carboxylic acids is 2. The molecule has 0 aliphatic heterocycles. The van der Waals surface area contributed by atoms with Crippen molar-refractivity contribution in [3.63, 3.8) is 0 Å². The number of allylic oxidation sites excluding steroid dienone is 1. The van der Waals surface area contributed by atoms with Crippen molar-refractivity contribution in [2.45, 2.75) is 45.6 Å². The fourth-order valence-electron chi connectivity index (χ4n) is 1.82. The van der Waals surface area contributed by atoms with Crippen LogP contribution in [0.5, 0.6) is 0 Å². The predicted octanol–water partition coefficient (Wildman–Crippen LogP) is 2.25. The average molecular weight is 210 g/mol. The van der Waals surface area contributed by atoms with Crippen LogP contribution in [0, 0.1) is 5.92 Å². The van der Waals surface area contributed by atoms with Crippen LogP contribution in [-0.2, 0) is 14.3 Å². The van der Waals surface area contributed by atoms with Crippen LogP contribution in [0.1, 0.15) is 39.5 Å². The van der Waals surface area contributed by atoms with Crippen molar-refractivity contribution >= 4 is 11.8 Å². The summed E-state index contributed by atoms with van der Waals surface area (Å²) < 4.78 is 5.11. The molecule has 0 heterocycles. The van der Waals surface area contributed by atoms with Gasteiger partial charge in [-0.15, -0.1) is 0 Å². The fourth-order valence-corrected chi connectivity index (χ4v) is 1.82. The number of hydrogen-bond acceptors (Lipinski definition) is 3. The Bertz CT molecular complexity index is 268. The third-order valence-corrected chi connectivity index (χ3v) is 2.56. The zero-order valence-electron chi connectivity index (χ0n) is 9.36. The summed E-state index contributed by atoms with van der Waals surface area (Å²) in [5.41, 5.74) is 0. The normalized spacial score (nSPS) is 26.1. The van der Waals surface area contributed by atoms with Crippen LogP contribution in [0.4, 0.5) is 0 Å². The van der Waals surface area contributed by atoms with Crippen molar-refractivity contribution in [3.05, 3.63) is 12.2 Å². The molecule has 15 heavy (non-hydrogen) atoms. The highest BCUT2D eigenvalue weighted by molar-refractivity contribution is 5.86. The van der Waals surface area contributed by atoms with Crippen LogP contribution >= 0.6 is 0 Å². The lowest BCUT2D eigenvalue weighted by atomic mass is 10.0. The SMILES string of the molecule is CCCC=CC1C(=O)CCC1OC(C)=O. The van der Waals surface area contributed by atoms with E-state index in [1.54, 1.807) is 0 Å². The Labute approximate surface area is 90.5 Å². The summed E-state index contributed by atoms with van der Waals surface area (Å²) in [6, 6.07) is 0. The summed E-state index contributed by atoms with van der Waals surface area (Å²) in [5.74, 6) is -0.322. The summed E-state index contributed by atoms with van der Waals surface area (Å²) in [6.45, 7) is 3.47. The van der Waals surface area contributed by atoms with Crippen LogP contribution < -0.4 is 0 Å². The van der Waals surface area contributed by atoms with E-state index in [2.05, 4.69) is 6.92 Å². The molecule has 1 saturated carbocycles. The number of hydrogen-bond donors (Lipinski definition) is 0. The highest BCUT2D eigenvalue weighted by Crippen LogP contribution is 2.26. The van der Waals surface area contributed by atoms with Gasteiger partial charge in [0.25, 0.3) is 0 Å². The molecular weight excluding hydrogens is 192 g/mol. The van der Waals surface area contributed by atoms with Gasteiger partial charge in [0, 0.05) is 13.3 Å². The molecule has 3 heteroatoms. The van der Waals surface area contributed by atoms with Crippen molar-refractivity contribution in [3.8, 4) is 0 Å². The zero-order valence-corrected chi connectivity index (χ0v) is 9.36. The Hall–Kier alpha value is -1.12. The van der Waals surface area contributed by atoms with Crippen LogP contribution in [0.2, 0.25) is 0 Å². The van der Waals surface area contributed by atoms with E-state index >= 15 is 0 Å². The molecule has 84 valence electrons. The second-order valence-electron chi connectivity index (χ2n) is 3.90. The smallest absolute Gasteiger partial charge is 0.302 e. The molecule has 0 saturated heterocycles. The van der Waals surface area contributed by atoms with E-state index in [-0.39, 0.29) is 23.8 Å². The molecule has 0 amide bonds. The number of carbonyl (C=O) groups is 2. The first-order valence-electron chi connectivity index (χ1n) is 5.51. The lowest BCUT2D eigenvalue weighted by Gasteiger charge is -2.14. The molecule has 1 aliphatic rings. The van der Waals surface area contributed by atoms with Gasteiger partial charge in [0.1, 0.15) is 11.9 Å². The fraction of sp³-hybridized carbons (Fsp3) is 0.667. The first-order valence-corrected chi connectivity index (χ1v) is 5.51. The Morgan fingerprint density at radius 2 is 2.33 bits per heavy atom. The van der Waals surface area contributed by atoms with Gasteiger partial charge < -0.3 is 4.74 Å². The summed E-state index contributed by atoms with van der Waals surface area (Å²) in [5, 5.41) is 0. The van der Waals surface area contributed by atoms with Gasteiger partial charge in [-0.2, -0.15) is 0 Å². The number of ketones is 1. The molecule has 0 aromatic carbocycles. The first-order chi connectivity index (χ1) is 7.15. The molecule has 3 nitrogen and oxygen atoms in total. The number of Topliss-reactive ketones (excluding diaryl/α,β-unsaturated/α-hetero) is 1. The summed E-state index contributed by atoms with van der Waals surface area (Å²) in [4.78, 5) is 22.3. The molecule has 0 spiro atoms. The number of esters is 1. The Kier molecular flexibility index (Phi) is 4.53. The number of rotatable bonds is 4. The maximum absolute atomic E-state index is 11.5. The number of unbranched alkanes of at least 4 members (excludes halogenated alkanes) is 1. The first kappa shape index (κ1) is 12.0. The minimum atomic E-state index is -0.302. The van der Waals surface area contributed by atoms with Gasteiger partial charge in [0.15, 0.2) is 0 Å². The molecule has 2 atom stereocenters. The average Bonchev–Trinajstić information content (AvgIpc) is 2.49. The van der Waals surface area contributed by atoms with Crippen molar-refractivity contribution in [2.75, 3.05) is 0 Å². The van der Waals surface area contributed by atoms with E-state index in [9.17, 15) is 9.59 Å². The van der Waals surface area contributed by atoms with Crippen LogP contribution in [-0.4, -0.2) is 17.9 Å². The van der Waals surface area contributed by atoms with Crippen molar-refractivity contribution in [1.82, 2.24) is 0 Å².